The minimum absolute atomic E-state index is 0. The highest BCUT2D eigenvalue weighted by atomic mass is 127. The predicted octanol–water partition coefficient (Wildman–Crippen LogP) is 3.23. The third-order valence-corrected chi connectivity index (χ3v) is 5.60. The molecule has 1 aromatic heterocycles. The molecule has 0 bridgehead atoms. The molecule has 0 spiro atoms. The minimum atomic E-state index is 0. The van der Waals surface area contributed by atoms with E-state index in [1.165, 1.54) is 10.4 Å². The van der Waals surface area contributed by atoms with E-state index in [0.29, 0.717) is 0 Å². The predicted molar refractivity (Wildman–Crippen MR) is 118 cm³/mol. The summed E-state index contributed by atoms with van der Waals surface area (Å²) in [5, 5.41) is 9.02. The smallest absolute Gasteiger partial charge is 0.191 e. The molecule has 0 radical (unpaired) electrons. The summed E-state index contributed by atoms with van der Waals surface area (Å²) >= 11 is 1.78. The SMILES string of the molecule is CN=C(NCc1sccc1C)NCC(C)(C)N1CC(C)OC(C)C1.I. The number of thiophene rings is 1. The van der Waals surface area contributed by atoms with Crippen molar-refractivity contribution in [2.45, 2.75) is 58.9 Å². The van der Waals surface area contributed by atoms with Crippen molar-refractivity contribution < 1.29 is 4.74 Å². The number of morpholine rings is 1. The number of aliphatic imine (C=N–C) groups is 1. The van der Waals surface area contributed by atoms with Crippen LogP contribution >= 0.6 is 35.3 Å². The van der Waals surface area contributed by atoms with Crippen molar-refractivity contribution in [3.63, 3.8) is 0 Å². The molecule has 2 atom stereocenters. The molecule has 2 unspecified atom stereocenters. The Bertz CT molecular complexity index is 551. The molecule has 5 nitrogen and oxygen atoms in total. The van der Waals surface area contributed by atoms with Gasteiger partial charge in [-0.15, -0.1) is 35.3 Å². The molecular weight excluding hydrogens is 447 g/mol. The summed E-state index contributed by atoms with van der Waals surface area (Å²) in [6.07, 6.45) is 0.569. The Morgan fingerprint density at radius 1 is 1.32 bits per heavy atom. The number of nitrogens with one attached hydrogen (secondary N) is 2. The van der Waals surface area contributed by atoms with E-state index in [0.717, 1.165) is 32.1 Å². The Morgan fingerprint density at radius 3 is 2.48 bits per heavy atom. The van der Waals surface area contributed by atoms with E-state index in [1.54, 1.807) is 11.3 Å². The van der Waals surface area contributed by atoms with Crippen molar-refractivity contribution in [2.24, 2.45) is 4.99 Å². The lowest BCUT2D eigenvalue weighted by molar-refractivity contribution is -0.0946. The van der Waals surface area contributed by atoms with Crippen molar-refractivity contribution in [3.8, 4) is 0 Å². The van der Waals surface area contributed by atoms with Gasteiger partial charge < -0.3 is 15.4 Å². The van der Waals surface area contributed by atoms with Crippen LogP contribution in [-0.4, -0.2) is 55.3 Å². The molecule has 1 fully saturated rings. The highest BCUT2D eigenvalue weighted by Gasteiger charge is 2.33. The topological polar surface area (TPSA) is 48.9 Å². The fraction of sp³-hybridized carbons (Fsp3) is 0.722. The summed E-state index contributed by atoms with van der Waals surface area (Å²) in [5.41, 5.74) is 1.38. The molecule has 1 saturated heterocycles. The largest absolute Gasteiger partial charge is 0.373 e. The minimum Gasteiger partial charge on any atom is -0.373 e. The van der Waals surface area contributed by atoms with Crippen LogP contribution in [0.1, 0.15) is 38.1 Å². The van der Waals surface area contributed by atoms with Crippen LogP contribution < -0.4 is 10.6 Å². The summed E-state index contributed by atoms with van der Waals surface area (Å²) in [6.45, 7) is 14.6. The maximum Gasteiger partial charge on any atom is 0.191 e. The van der Waals surface area contributed by atoms with Crippen LogP contribution in [0.4, 0.5) is 0 Å². The summed E-state index contributed by atoms with van der Waals surface area (Å²) in [5.74, 6) is 0.852. The molecule has 2 heterocycles. The van der Waals surface area contributed by atoms with Gasteiger partial charge in [0, 0.05) is 37.1 Å². The standard InChI is InChI=1S/C18H32N4OS.HI/c1-13-7-8-24-16(13)9-20-17(19-6)21-12-18(4,5)22-10-14(2)23-15(3)11-22;/h7-8,14-15H,9-12H2,1-6H3,(H2,19,20,21);1H. The van der Waals surface area contributed by atoms with Crippen molar-refractivity contribution in [2.75, 3.05) is 26.7 Å². The summed E-state index contributed by atoms with van der Waals surface area (Å²) < 4.78 is 5.85. The number of ether oxygens (including phenoxy) is 1. The summed E-state index contributed by atoms with van der Waals surface area (Å²) in [4.78, 5) is 8.22. The van der Waals surface area contributed by atoms with E-state index in [9.17, 15) is 0 Å². The first-order valence-electron chi connectivity index (χ1n) is 8.70. The van der Waals surface area contributed by atoms with Crippen LogP contribution in [0.15, 0.2) is 16.4 Å². The molecule has 1 aliphatic heterocycles. The number of guanidine groups is 1. The third kappa shape index (κ3) is 6.69. The fourth-order valence-corrected chi connectivity index (χ4v) is 3.90. The molecule has 2 rings (SSSR count). The highest BCUT2D eigenvalue weighted by molar-refractivity contribution is 14.0. The lowest BCUT2D eigenvalue weighted by atomic mass is 10.00. The van der Waals surface area contributed by atoms with E-state index in [1.807, 2.05) is 7.05 Å². The molecular formula is C18H33IN4OS. The first kappa shape index (κ1) is 22.7. The van der Waals surface area contributed by atoms with E-state index < -0.39 is 0 Å². The fourth-order valence-electron chi connectivity index (χ4n) is 3.05. The number of hydrogen-bond acceptors (Lipinski definition) is 4. The molecule has 0 aromatic carbocycles. The second kappa shape index (κ2) is 10.1. The van der Waals surface area contributed by atoms with E-state index in [2.05, 4.69) is 66.6 Å². The van der Waals surface area contributed by atoms with Crippen LogP contribution in [0, 0.1) is 6.92 Å². The molecule has 0 aliphatic carbocycles. The van der Waals surface area contributed by atoms with Crippen LogP contribution in [0.3, 0.4) is 0 Å². The van der Waals surface area contributed by atoms with Gasteiger partial charge in [-0.25, -0.2) is 0 Å². The second-order valence-electron chi connectivity index (χ2n) is 7.28. The van der Waals surface area contributed by atoms with Gasteiger partial charge in [0.1, 0.15) is 0 Å². The van der Waals surface area contributed by atoms with Crippen molar-refractivity contribution in [3.05, 3.63) is 21.9 Å². The lowest BCUT2D eigenvalue weighted by Crippen LogP contribution is -2.59. The van der Waals surface area contributed by atoms with E-state index in [-0.39, 0.29) is 41.7 Å². The Hall–Kier alpha value is -0.380. The third-order valence-electron chi connectivity index (χ3n) is 4.57. The van der Waals surface area contributed by atoms with E-state index in [4.69, 9.17) is 4.74 Å². The van der Waals surface area contributed by atoms with Crippen LogP contribution in [0.5, 0.6) is 0 Å². The average Bonchev–Trinajstić information content (AvgIpc) is 2.92. The molecule has 0 amide bonds. The van der Waals surface area contributed by atoms with Gasteiger partial charge in [-0.1, -0.05) is 0 Å². The van der Waals surface area contributed by atoms with Crippen LogP contribution in [0.2, 0.25) is 0 Å². The van der Waals surface area contributed by atoms with Gasteiger partial charge in [-0.3, -0.25) is 9.89 Å². The zero-order valence-corrected chi connectivity index (χ0v) is 19.4. The van der Waals surface area contributed by atoms with E-state index >= 15 is 0 Å². The van der Waals surface area contributed by atoms with Gasteiger partial charge in [0.25, 0.3) is 0 Å². The van der Waals surface area contributed by atoms with Crippen LogP contribution in [0.25, 0.3) is 0 Å². The molecule has 2 N–H and O–H groups in total. The molecule has 144 valence electrons. The maximum atomic E-state index is 5.85. The van der Waals surface area contributed by atoms with Gasteiger partial charge in [0.2, 0.25) is 0 Å². The number of halogens is 1. The van der Waals surface area contributed by atoms with Gasteiger partial charge in [0.05, 0.1) is 18.8 Å². The first-order valence-corrected chi connectivity index (χ1v) is 9.58. The molecule has 0 saturated carbocycles. The quantitative estimate of drug-likeness (QED) is 0.386. The Labute approximate surface area is 173 Å². The molecule has 25 heavy (non-hydrogen) atoms. The zero-order valence-electron chi connectivity index (χ0n) is 16.3. The lowest BCUT2D eigenvalue weighted by Gasteiger charge is -2.45. The zero-order chi connectivity index (χ0) is 17.7. The van der Waals surface area contributed by atoms with Gasteiger partial charge in [-0.2, -0.15) is 0 Å². The van der Waals surface area contributed by atoms with Crippen molar-refractivity contribution in [1.82, 2.24) is 15.5 Å². The van der Waals surface area contributed by atoms with Gasteiger partial charge in [0.15, 0.2) is 5.96 Å². The maximum absolute atomic E-state index is 5.85. The Kier molecular flexibility index (Phi) is 9.14. The second-order valence-corrected chi connectivity index (χ2v) is 8.28. The summed E-state index contributed by atoms with van der Waals surface area (Å²) in [6, 6.07) is 2.15. The normalized spacial score (nSPS) is 22.4. The monoisotopic (exact) mass is 480 g/mol. The molecule has 7 heteroatoms. The highest BCUT2D eigenvalue weighted by Crippen LogP contribution is 2.20. The van der Waals surface area contributed by atoms with Crippen LogP contribution in [-0.2, 0) is 11.3 Å². The molecule has 1 aromatic rings. The number of rotatable bonds is 5. The van der Waals surface area contributed by atoms with Crippen molar-refractivity contribution >= 4 is 41.3 Å². The average molecular weight is 480 g/mol. The Balaban J connectivity index is 0.00000312. The summed E-state index contributed by atoms with van der Waals surface area (Å²) in [7, 11) is 1.82. The molecule has 1 aliphatic rings. The number of hydrogen-bond donors (Lipinski definition) is 2. The first-order chi connectivity index (χ1) is 11.3. The number of nitrogens with zero attached hydrogens (tertiary/aromatic N) is 2. The Morgan fingerprint density at radius 2 is 1.96 bits per heavy atom. The number of aryl methyl sites for hydroxylation is 1. The van der Waals surface area contributed by atoms with Gasteiger partial charge in [-0.05, 0) is 51.6 Å². The van der Waals surface area contributed by atoms with Gasteiger partial charge >= 0.3 is 0 Å². The van der Waals surface area contributed by atoms with Crippen molar-refractivity contribution in [1.29, 1.82) is 0 Å².